The molecule has 0 heterocycles. The third-order valence-corrected chi connectivity index (χ3v) is 2.51. The Morgan fingerprint density at radius 2 is 2.05 bits per heavy atom. The molecule has 1 rings (SSSR count). The molecule has 108 valence electrons. The topological polar surface area (TPSA) is 52.3 Å². The normalized spacial score (nSPS) is 12.5. The number of benzene rings is 1. The molecule has 3 nitrogen and oxygen atoms in total. The number of nitrogens with two attached hydrogens (primary N) is 1. The molecule has 0 unspecified atom stereocenters. The molecule has 2 N–H and O–H groups in total. The zero-order chi connectivity index (χ0) is 13.9. The maximum Gasteiger partial charge on any atom is 0.379 e. The van der Waals surface area contributed by atoms with E-state index in [2.05, 4.69) is 4.74 Å². The van der Waals surface area contributed by atoms with Gasteiger partial charge in [0, 0.05) is 0 Å². The highest BCUT2D eigenvalue weighted by atomic mass is 35.5. The number of hydrogen-bond acceptors (Lipinski definition) is 3. The van der Waals surface area contributed by atoms with Crippen molar-refractivity contribution in [2.45, 2.75) is 25.8 Å². The lowest BCUT2D eigenvalue weighted by atomic mass is 9.97. The predicted molar refractivity (Wildman–Crippen MR) is 66.9 cm³/mol. The molecule has 0 amide bonds. The van der Waals surface area contributed by atoms with Gasteiger partial charge in [-0.2, -0.15) is 8.78 Å². The molecule has 0 aliphatic rings. The van der Waals surface area contributed by atoms with Gasteiger partial charge in [-0.15, -0.1) is 12.4 Å². The van der Waals surface area contributed by atoms with Gasteiger partial charge in [-0.05, 0) is 37.1 Å². The van der Waals surface area contributed by atoms with Crippen LogP contribution in [-0.2, 0) is 9.53 Å². The Morgan fingerprint density at radius 3 is 2.58 bits per heavy atom. The first kappa shape index (κ1) is 17.7. The monoisotopic (exact) mass is 297 g/mol. The van der Waals surface area contributed by atoms with E-state index in [1.54, 1.807) is 0 Å². The van der Waals surface area contributed by atoms with Crippen molar-refractivity contribution in [1.29, 1.82) is 0 Å². The fourth-order valence-corrected chi connectivity index (χ4v) is 1.50. The third-order valence-electron chi connectivity index (χ3n) is 2.51. The van der Waals surface area contributed by atoms with Gasteiger partial charge in [0.15, 0.2) is 0 Å². The molecule has 19 heavy (non-hydrogen) atoms. The van der Waals surface area contributed by atoms with E-state index in [0.29, 0.717) is 5.56 Å². The van der Waals surface area contributed by atoms with E-state index >= 15 is 0 Å². The van der Waals surface area contributed by atoms with Crippen LogP contribution in [0.1, 0.15) is 24.1 Å². The standard InChI is InChI=1S/C12H14F3NO2.ClH/c1-3-18-11(17)12(14,15)10(16)9-6-8(13)5-4-7(9)2;/h4-6,10H,3,16H2,1-2H3;1H/t10-;/m1./s1. The summed E-state index contributed by atoms with van der Waals surface area (Å²) in [6.07, 6.45) is 0. The average molecular weight is 298 g/mol. The summed E-state index contributed by atoms with van der Waals surface area (Å²) in [7, 11) is 0. The Kier molecular flexibility index (Phi) is 6.32. The number of rotatable bonds is 4. The van der Waals surface area contributed by atoms with Crippen LogP contribution in [0.5, 0.6) is 0 Å². The molecule has 1 aromatic rings. The molecule has 0 fully saturated rings. The Labute approximate surface area is 115 Å². The van der Waals surface area contributed by atoms with Crippen molar-refractivity contribution in [2.24, 2.45) is 5.73 Å². The minimum Gasteiger partial charge on any atom is -0.462 e. The number of hydrogen-bond donors (Lipinski definition) is 1. The number of carbonyl (C=O) groups excluding carboxylic acids is 1. The van der Waals surface area contributed by atoms with Crippen LogP contribution >= 0.6 is 12.4 Å². The largest absolute Gasteiger partial charge is 0.462 e. The molecule has 1 atom stereocenters. The number of carbonyl (C=O) groups is 1. The molecular weight excluding hydrogens is 283 g/mol. The van der Waals surface area contributed by atoms with Gasteiger partial charge < -0.3 is 10.5 Å². The summed E-state index contributed by atoms with van der Waals surface area (Å²) in [5, 5.41) is 0. The van der Waals surface area contributed by atoms with Crippen molar-refractivity contribution < 1.29 is 22.7 Å². The van der Waals surface area contributed by atoms with Crippen LogP contribution < -0.4 is 5.73 Å². The van der Waals surface area contributed by atoms with E-state index in [-0.39, 0.29) is 24.6 Å². The van der Waals surface area contributed by atoms with Crippen LogP contribution in [0.4, 0.5) is 13.2 Å². The first-order chi connectivity index (χ1) is 8.30. The van der Waals surface area contributed by atoms with E-state index < -0.39 is 23.8 Å². The maximum absolute atomic E-state index is 13.7. The second-order valence-corrected chi connectivity index (χ2v) is 3.82. The number of aryl methyl sites for hydroxylation is 1. The highest BCUT2D eigenvalue weighted by Gasteiger charge is 2.48. The highest BCUT2D eigenvalue weighted by molar-refractivity contribution is 5.85. The fraction of sp³-hybridized carbons (Fsp3) is 0.417. The summed E-state index contributed by atoms with van der Waals surface area (Å²) in [5.41, 5.74) is 5.62. The van der Waals surface area contributed by atoms with Crippen molar-refractivity contribution in [1.82, 2.24) is 0 Å². The molecule has 0 aliphatic carbocycles. The summed E-state index contributed by atoms with van der Waals surface area (Å²) in [4.78, 5) is 11.1. The molecule has 1 aromatic carbocycles. The molecule has 0 aromatic heterocycles. The summed E-state index contributed by atoms with van der Waals surface area (Å²) in [6, 6.07) is 1.42. The molecule has 0 bridgehead atoms. The summed E-state index contributed by atoms with van der Waals surface area (Å²) >= 11 is 0. The second-order valence-electron chi connectivity index (χ2n) is 3.82. The average Bonchev–Trinajstić information content (AvgIpc) is 2.31. The zero-order valence-electron chi connectivity index (χ0n) is 10.5. The van der Waals surface area contributed by atoms with E-state index in [4.69, 9.17) is 5.73 Å². The Morgan fingerprint density at radius 1 is 1.47 bits per heavy atom. The van der Waals surface area contributed by atoms with Crippen LogP contribution in [0, 0.1) is 12.7 Å². The first-order valence-electron chi connectivity index (χ1n) is 5.37. The van der Waals surface area contributed by atoms with Gasteiger partial charge in [0.1, 0.15) is 11.9 Å². The van der Waals surface area contributed by atoms with Gasteiger partial charge >= 0.3 is 11.9 Å². The number of halogens is 4. The molecule has 0 spiro atoms. The second kappa shape index (κ2) is 6.77. The zero-order valence-corrected chi connectivity index (χ0v) is 11.3. The smallest absolute Gasteiger partial charge is 0.379 e. The van der Waals surface area contributed by atoms with Crippen LogP contribution in [0.25, 0.3) is 0 Å². The van der Waals surface area contributed by atoms with Crippen molar-refractivity contribution in [3.05, 3.63) is 35.1 Å². The number of alkyl halides is 2. The third kappa shape index (κ3) is 3.84. The van der Waals surface area contributed by atoms with E-state index in [9.17, 15) is 18.0 Å². The first-order valence-corrected chi connectivity index (χ1v) is 5.37. The van der Waals surface area contributed by atoms with Crippen molar-refractivity contribution in [3.63, 3.8) is 0 Å². The Hall–Kier alpha value is -1.27. The molecular formula is C12H15ClF3NO2. The molecule has 7 heteroatoms. The minimum absolute atomic E-state index is 0. The fourth-order valence-electron chi connectivity index (χ4n) is 1.50. The maximum atomic E-state index is 13.7. The summed E-state index contributed by atoms with van der Waals surface area (Å²) in [5.74, 6) is -6.29. The SMILES string of the molecule is CCOC(=O)C(F)(F)[C@H](N)c1cc(F)ccc1C.Cl. The van der Waals surface area contributed by atoms with Crippen molar-refractivity contribution in [3.8, 4) is 0 Å². The van der Waals surface area contributed by atoms with E-state index in [1.807, 2.05) is 0 Å². The van der Waals surface area contributed by atoms with Crippen molar-refractivity contribution >= 4 is 18.4 Å². The lowest BCUT2D eigenvalue weighted by molar-refractivity contribution is -0.174. The van der Waals surface area contributed by atoms with Gasteiger partial charge in [0.2, 0.25) is 0 Å². The predicted octanol–water partition coefficient (Wildman–Crippen LogP) is 2.75. The highest BCUT2D eigenvalue weighted by Crippen LogP contribution is 2.32. The summed E-state index contributed by atoms with van der Waals surface area (Å²) < 4.78 is 44.6. The number of esters is 1. The van der Waals surface area contributed by atoms with Gasteiger partial charge in [-0.1, -0.05) is 6.07 Å². The quantitative estimate of drug-likeness (QED) is 0.870. The van der Waals surface area contributed by atoms with E-state index in [1.165, 1.54) is 19.9 Å². The van der Waals surface area contributed by atoms with Crippen LogP contribution in [0.15, 0.2) is 18.2 Å². The summed E-state index contributed by atoms with van der Waals surface area (Å²) in [6.45, 7) is 2.74. The van der Waals surface area contributed by atoms with Crippen molar-refractivity contribution in [2.75, 3.05) is 6.61 Å². The van der Waals surface area contributed by atoms with Crippen LogP contribution in [0.2, 0.25) is 0 Å². The van der Waals surface area contributed by atoms with Crippen LogP contribution in [0.3, 0.4) is 0 Å². The molecule has 0 aliphatic heterocycles. The molecule has 0 saturated carbocycles. The van der Waals surface area contributed by atoms with Gasteiger partial charge in [-0.25, -0.2) is 9.18 Å². The molecule has 0 saturated heterocycles. The lowest BCUT2D eigenvalue weighted by Gasteiger charge is -2.23. The van der Waals surface area contributed by atoms with E-state index in [0.717, 1.165) is 12.1 Å². The Balaban J connectivity index is 0.00000324. The van der Waals surface area contributed by atoms with Crippen LogP contribution in [-0.4, -0.2) is 18.5 Å². The minimum atomic E-state index is -3.89. The Bertz CT molecular complexity index is 455. The van der Waals surface area contributed by atoms with Gasteiger partial charge in [0.25, 0.3) is 0 Å². The van der Waals surface area contributed by atoms with Gasteiger partial charge in [-0.3, -0.25) is 0 Å². The lowest BCUT2D eigenvalue weighted by Crippen LogP contribution is -2.42. The molecule has 0 radical (unpaired) electrons. The number of ether oxygens (including phenoxy) is 1. The van der Waals surface area contributed by atoms with Gasteiger partial charge in [0.05, 0.1) is 6.61 Å².